The Balaban J connectivity index is 3.64. The highest BCUT2D eigenvalue weighted by molar-refractivity contribution is 7.47. The molecule has 0 spiro atoms. The molecule has 3 N–H and O–H groups in total. The van der Waals surface area contributed by atoms with E-state index in [1.165, 1.54) is 57.8 Å². The van der Waals surface area contributed by atoms with Gasteiger partial charge < -0.3 is 20.1 Å². The van der Waals surface area contributed by atoms with Crippen molar-refractivity contribution in [2.24, 2.45) is 0 Å². The van der Waals surface area contributed by atoms with Crippen LogP contribution in [0.4, 0.5) is 0 Å². The topological polar surface area (TPSA) is 131 Å². The van der Waals surface area contributed by atoms with Crippen LogP contribution < -0.4 is 5.32 Å². The summed E-state index contributed by atoms with van der Waals surface area (Å²) in [4.78, 5) is 33.9. The van der Waals surface area contributed by atoms with E-state index < -0.39 is 26.5 Å². The lowest BCUT2D eigenvalue weighted by molar-refractivity contribution is -0.147. The van der Waals surface area contributed by atoms with Crippen LogP contribution in [0.2, 0.25) is 0 Å². The van der Waals surface area contributed by atoms with Crippen molar-refractivity contribution in [2.45, 2.75) is 180 Å². The number of aliphatic hydroxyl groups excluding tert-OH is 1. The molecule has 0 aliphatic rings. The maximum Gasteiger partial charge on any atom is 0.472 e. The summed E-state index contributed by atoms with van der Waals surface area (Å²) >= 11 is 0. The number of amides is 1. The van der Waals surface area contributed by atoms with E-state index in [0.29, 0.717) is 12.8 Å². The highest BCUT2D eigenvalue weighted by Crippen LogP contribution is 2.42. The van der Waals surface area contributed by atoms with Gasteiger partial charge in [0.05, 0.1) is 13.2 Å². The number of carbonyl (C=O) groups excluding carboxylic acids is 2. The van der Waals surface area contributed by atoms with E-state index in [9.17, 15) is 24.2 Å². The molecule has 312 valence electrons. The van der Waals surface area contributed by atoms with Gasteiger partial charge in [-0.15, -0.1) is 0 Å². The van der Waals surface area contributed by atoms with E-state index in [1.807, 2.05) is 0 Å². The number of allylic oxidation sites excluding steroid dienone is 10. The van der Waals surface area contributed by atoms with Gasteiger partial charge in [0.1, 0.15) is 12.7 Å². The van der Waals surface area contributed by atoms with Crippen LogP contribution in [0.25, 0.3) is 0 Å². The van der Waals surface area contributed by atoms with Gasteiger partial charge in [-0.25, -0.2) is 4.57 Å². The minimum atomic E-state index is -4.42. The first-order valence-electron chi connectivity index (χ1n) is 21.3. The maximum absolute atomic E-state index is 12.1. The summed E-state index contributed by atoms with van der Waals surface area (Å²) in [5, 5.41) is 12.7. The maximum atomic E-state index is 12.1. The number of hydrogen-bond acceptors (Lipinski definition) is 7. The lowest BCUT2D eigenvalue weighted by Crippen LogP contribution is -2.27. The smallest absolute Gasteiger partial charge is 0.463 e. The zero-order valence-electron chi connectivity index (χ0n) is 34.1. The van der Waals surface area contributed by atoms with Crippen LogP contribution in [-0.2, 0) is 27.9 Å². The lowest BCUT2D eigenvalue weighted by atomic mass is 10.1. The third-order valence-electron chi connectivity index (χ3n) is 8.68. The Labute approximate surface area is 329 Å². The van der Waals surface area contributed by atoms with Gasteiger partial charge in [-0.1, -0.05) is 145 Å². The Morgan fingerprint density at radius 3 is 1.59 bits per heavy atom. The lowest BCUT2D eigenvalue weighted by Gasteiger charge is -2.15. The molecule has 2 atom stereocenters. The zero-order valence-corrected chi connectivity index (χ0v) is 35.0. The van der Waals surface area contributed by atoms with E-state index in [-0.39, 0.29) is 32.1 Å². The number of nitrogens with one attached hydrogen (secondary N) is 1. The molecular formula is C44H78NO8P. The summed E-state index contributed by atoms with van der Waals surface area (Å²) < 4.78 is 26.8. The molecule has 0 heterocycles. The molecule has 0 bridgehead atoms. The van der Waals surface area contributed by atoms with E-state index >= 15 is 0 Å². The molecular weight excluding hydrogens is 701 g/mol. The molecule has 0 aromatic rings. The van der Waals surface area contributed by atoms with Crippen molar-refractivity contribution in [3.63, 3.8) is 0 Å². The van der Waals surface area contributed by atoms with Crippen LogP contribution >= 0.6 is 7.82 Å². The van der Waals surface area contributed by atoms with Crippen LogP contribution in [0.1, 0.15) is 174 Å². The average molecular weight is 780 g/mol. The molecule has 1 amide bonds. The van der Waals surface area contributed by atoms with Gasteiger partial charge >= 0.3 is 13.8 Å². The van der Waals surface area contributed by atoms with Gasteiger partial charge in [0.2, 0.25) is 5.91 Å². The Kier molecular flexibility index (Phi) is 38.7. The minimum Gasteiger partial charge on any atom is -0.463 e. The van der Waals surface area contributed by atoms with Crippen molar-refractivity contribution in [1.29, 1.82) is 0 Å². The molecule has 0 fully saturated rings. The van der Waals surface area contributed by atoms with E-state index in [0.717, 1.165) is 83.5 Å². The van der Waals surface area contributed by atoms with Crippen LogP contribution in [-0.4, -0.2) is 54.3 Å². The van der Waals surface area contributed by atoms with Gasteiger partial charge in [0.25, 0.3) is 0 Å². The number of esters is 1. The minimum absolute atomic E-state index is 0.0726. The monoisotopic (exact) mass is 780 g/mol. The van der Waals surface area contributed by atoms with Crippen LogP contribution in [0, 0.1) is 0 Å². The third-order valence-corrected chi connectivity index (χ3v) is 9.67. The van der Waals surface area contributed by atoms with Crippen molar-refractivity contribution in [3.05, 3.63) is 60.8 Å². The second kappa shape index (κ2) is 40.4. The summed E-state index contributed by atoms with van der Waals surface area (Å²) in [6, 6.07) is 0. The Morgan fingerprint density at radius 2 is 1.06 bits per heavy atom. The molecule has 10 heteroatoms. The summed E-state index contributed by atoms with van der Waals surface area (Å²) in [7, 11) is -4.42. The predicted octanol–water partition coefficient (Wildman–Crippen LogP) is 11.7. The number of rotatable bonds is 39. The number of phosphoric ester groups is 1. The van der Waals surface area contributed by atoms with E-state index in [1.54, 1.807) is 0 Å². The van der Waals surface area contributed by atoms with Crippen LogP contribution in [0.3, 0.4) is 0 Å². The van der Waals surface area contributed by atoms with Crippen LogP contribution in [0.15, 0.2) is 60.8 Å². The molecule has 0 saturated carbocycles. The molecule has 2 unspecified atom stereocenters. The van der Waals surface area contributed by atoms with Crippen molar-refractivity contribution < 1.29 is 37.9 Å². The molecule has 0 radical (unpaired) electrons. The van der Waals surface area contributed by atoms with Crippen molar-refractivity contribution >= 4 is 19.7 Å². The molecule has 9 nitrogen and oxygen atoms in total. The highest BCUT2D eigenvalue weighted by atomic mass is 31.2. The molecule has 0 saturated heterocycles. The quantitative estimate of drug-likeness (QED) is 0.0243. The number of carbonyl (C=O) groups is 2. The van der Waals surface area contributed by atoms with Crippen molar-refractivity contribution in [2.75, 3.05) is 26.4 Å². The highest BCUT2D eigenvalue weighted by Gasteiger charge is 2.23. The molecule has 54 heavy (non-hydrogen) atoms. The number of phosphoric acid groups is 1. The molecule has 0 aliphatic heterocycles. The standard InChI is InChI=1S/C44H78NO8P/c1-3-5-7-9-11-13-15-17-19-20-21-23-24-26-28-30-32-34-36-43(47)45-38-39-52-54(49,50)53-41-42(46)40-51-44(48)37-35-33-31-29-27-25-22-18-16-14-12-10-8-6-4-2/h6,8,12-15,18-20,22,42,46H,3-5,7,9-11,16-17,21,23-41H2,1-2H3,(H,45,47)(H,49,50)/b8-6-,14-12-,15-13-,20-19-,22-18-. The Morgan fingerprint density at radius 1 is 0.593 bits per heavy atom. The number of unbranched alkanes of at least 4 members (excludes halogenated alkanes) is 16. The summed E-state index contributed by atoms with van der Waals surface area (Å²) in [6.45, 7) is 3.38. The SMILES string of the molecule is CC/C=C\C/C=C\C/C=C\CCCCCCCC(=O)OCC(O)COP(=O)(O)OCCNC(=O)CCCCCCCCC/C=C\C/C=C\CCCCCC. The van der Waals surface area contributed by atoms with Crippen molar-refractivity contribution in [3.8, 4) is 0 Å². The molecule has 0 rings (SSSR count). The predicted molar refractivity (Wildman–Crippen MR) is 224 cm³/mol. The zero-order chi connectivity index (χ0) is 39.6. The third kappa shape index (κ3) is 40.9. The van der Waals surface area contributed by atoms with Gasteiger partial charge in [0, 0.05) is 19.4 Å². The first kappa shape index (κ1) is 51.7. The summed E-state index contributed by atoms with van der Waals surface area (Å²) in [5.74, 6) is -0.545. The van der Waals surface area contributed by atoms with Crippen molar-refractivity contribution in [1.82, 2.24) is 5.32 Å². The largest absolute Gasteiger partial charge is 0.472 e. The second-order valence-electron chi connectivity index (χ2n) is 13.9. The second-order valence-corrected chi connectivity index (χ2v) is 15.4. The normalized spacial score (nSPS) is 13.9. The fourth-order valence-electron chi connectivity index (χ4n) is 5.48. The molecule has 0 aromatic carbocycles. The number of aliphatic hydroxyl groups is 1. The van der Waals surface area contributed by atoms with E-state index in [2.05, 4.69) is 79.9 Å². The van der Waals surface area contributed by atoms with E-state index in [4.69, 9.17) is 13.8 Å². The average Bonchev–Trinajstić information content (AvgIpc) is 3.16. The van der Waals surface area contributed by atoms with Crippen LogP contribution in [0.5, 0.6) is 0 Å². The fraction of sp³-hybridized carbons (Fsp3) is 0.727. The van der Waals surface area contributed by atoms with Gasteiger partial charge in [-0.05, 0) is 77.0 Å². The van der Waals surface area contributed by atoms with Gasteiger partial charge in [-0.2, -0.15) is 0 Å². The number of ether oxygens (including phenoxy) is 1. The van der Waals surface area contributed by atoms with Gasteiger partial charge in [0.15, 0.2) is 0 Å². The summed E-state index contributed by atoms with van der Waals surface area (Å²) in [6.07, 6.45) is 47.2. The first-order chi connectivity index (χ1) is 26.3. The van der Waals surface area contributed by atoms with Gasteiger partial charge in [-0.3, -0.25) is 18.6 Å². The Hall–Kier alpha value is -2.29. The summed E-state index contributed by atoms with van der Waals surface area (Å²) in [5.41, 5.74) is 0. The Bertz CT molecular complexity index is 1070. The molecule has 0 aromatic heterocycles. The first-order valence-corrected chi connectivity index (χ1v) is 22.8. The molecule has 0 aliphatic carbocycles. The number of hydrogen-bond donors (Lipinski definition) is 3. The fourth-order valence-corrected chi connectivity index (χ4v) is 6.24.